The van der Waals surface area contributed by atoms with Gasteiger partial charge in [-0.3, -0.25) is 9.98 Å². The number of benzene rings is 4. The van der Waals surface area contributed by atoms with E-state index in [1.807, 2.05) is 84.9 Å². The minimum atomic E-state index is -0.556. The van der Waals surface area contributed by atoms with Crippen LogP contribution in [0.3, 0.4) is 0 Å². The van der Waals surface area contributed by atoms with Crippen LogP contribution in [0.25, 0.3) is 0 Å². The Morgan fingerprint density at radius 2 is 0.939 bits per heavy atom. The topological polar surface area (TPSA) is 83.6 Å². The molecular formula is C40H46Cl2N2O4Ti. The molecule has 4 rings (SSSR count). The number of rotatable bonds is 10. The molecule has 0 spiro atoms. The van der Waals surface area contributed by atoms with Gasteiger partial charge in [0.2, 0.25) is 0 Å². The van der Waals surface area contributed by atoms with Crippen molar-refractivity contribution in [2.24, 2.45) is 9.98 Å². The van der Waals surface area contributed by atoms with Crippen LogP contribution in [0.15, 0.2) is 120 Å². The van der Waals surface area contributed by atoms with Gasteiger partial charge in [0.15, 0.2) is 0 Å². The second-order valence-corrected chi connectivity index (χ2v) is 15.3. The quantitative estimate of drug-likeness (QED) is 0.0964. The number of ether oxygens (including phenoxy) is 2. The van der Waals surface area contributed by atoms with E-state index in [1.54, 1.807) is 24.6 Å². The van der Waals surface area contributed by atoms with E-state index in [9.17, 15) is 10.2 Å². The van der Waals surface area contributed by atoms with Crippen LogP contribution in [0.1, 0.15) is 63.8 Å². The monoisotopic (exact) mass is 736 g/mol. The third kappa shape index (κ3) is 14.3. The van der Waals surface area contributed by atoms with Crippen LogP contribution in [0.4, 0.5) is 11.4 Å². The van der Waals surface area contributed by atoms with Crippen molar-refractivity contribution in [3.63, 3.8) is 0 Å². The zero-order valence-electron chi connectivity index (χ0n) is 29.1. The van der Waals surface area contributed by atoms with Gasteiger partial charge in [-0.15, -0.1) is 0 Å². The average molecular weight is 738 g/mol. The van der Waals surface area contributed by atoms with Crippen molar-refractivity contribution < 1.29 is 36.7 Å². The van der Waals surface area contributed by atoms with E-state index in [-0.39, 0.29) is 22.3 Å². The number of hydrogen-bond donors (Lipinski definition) is 2. The van der Waals surface area contributed by atoms with Crippen molar-refractivity contribution in [2.75, 3.05) is 13.2 Å². The van der Waals surface area contributed by atoms with Crippen LogP contribution < -0.4 is 9.47 Å². The molecule has 0 amide bonds. The van der Waals surface area contributed by atoms with E-state index in [0.29, 0.717) is 24.3 Å². The normalized spacial score (nSPS) is 11.2. The summed E-state index contributed by atoms with van der Waals surface area (Å²) in [6.07, 6.45) is 6.78. The Kier molecular flexibility index (Phi) is 17.4. The van der Waals surface area contributed by atoms with Gasteiger partial charge in [-0.25, -0.2) is 0 Å². The molecule has 0 unspecified atom stereocenters. The van der Waals surface area contributed by atoms with Gasteiger partial charge in [-0.05, 0) is 82.6 Å². The van der Waals surface area contributed by atoms with Gasteiger partial charge in [-0.2, -0.15) is 0 Å². The number of phenolic OH excluding ortho intramolecular Hbond substituents is 2. The Balaban J connectivity index is 0.000000315. The first-order valence-corrected chi connectivity index (χ1v) is 19.9. The first-order valence-electron chi connectivity index (χ1n) is 15.6. The summed E-state index contributed by atoms with van der Waals surface area (Å²) < 4.78 is 10.9. The fourth-order valence-electron chi connectivity index (χ4n) is 4.40. The molecule has 0 saturated heterocycles. The molecule has 0 radical (unpaired) electrons. The van der Waals surface area contributed by atoms with Gasteiger partial charge in [0.05, 0.1) is 11.4 Å². The maximum atomic E-state index is 10.4. The third-order valence-electron chi connectivity index (χ3n) is 6.87. The van der Waals surface area contributed by atoms with Crippen molar-refractivity contribution in [1.82, 2.24) is 0 Å². The van der Waals surface area contributed by atoms with E-state index in [4.69, 9.17) is 28.1 Å². The molecule has 0 heterocycles. The van der Waals surface area contributed by atoms with Gasteiger partial charge < -0.3 is 19.7 Å². The van der Waals surface area contributed by atoms with Crippen molar-refractivity contribution in [3.8, 4) is 23.0 Å². The van der Waals surface area contributed by atoms with Crippen LogP contribution in [0.2, 0.25) is 0 Å². The number of aliphatic imine (C=N–C) groups is 2. The summed E-state index contributed by atoms with van der Waals surface area (Å²) in [5.41, 5.74) is 4.63. The van der Waals surface area contributed by atoms with Crippen molar-refractivity contribution >= 4 is 42.4 Å². The van der Waals surface area contributed by atoms with Crippen molar-refractivity contribution in [3.05, 3.63) is 132 Å². The SMILES string of the molecule is C=CCOc1ccc(N=Cc2cccc(C(C)(C)C)c2O)cc1.C=CCOc1ccc(N=Cc2cccc(C(C)(C)C)c2O)cc1.[Cl][Ti][Cl]. The molecule has 2 N–H and O–H groups in total. The molecule has 0 aliphatic rings. The molecule has 0 saturated carbocycles. The van der Waals surface area contributed by atoms with Crippen LogP contribution in [-0.2, 0) is 27.9 Å². The van der Waals surface area contributed by atoms with E-state index >= 15 is 0 Å². The Bertz CT molecular complexity index is 1550. The molecule has 6 nitrogen and oxygen atoms in total. The molecule has 4 aromatic rings. The number of para-hydroxylation sites is 2. The first kappa shape index (κ1) is 41.4. The Morgan fingerprint density at radius 1 is 0.612 bits per heavy atom. The van der Waals surface area contributed by atoms with Crippen LogP contribution in [0.5, 0.6) is 23.0 Å². The fraction of sp³-hybridized carbons (Fsp3) is 0.250. The molecular weight excluding hydrogens is 691 g/mol. The average Bonchev–Trinajstić information content (AvgIpc) is 3.06. The standard InChI is InChI=1S/2C20H23NO2.2ClH.Ti/c2*1-5-13-23-17-11-9-16(10-12-17)21-14-15-7-6-8-18(19(15)22)20(2,3)4;;;/h2*5-12,14,22H,1,13H2,2-4H3;2*1H;/q;;;;+2/p-2. The van der Waals surface area contributed by atoms with Gasteiger partial charge in [0.1, 0.15) is 36.2 Å². The van der Waals surface area contributed by atoms with Gasteiger partial charge in [0.25, 0.3) is 0 Å². The number of hydrogen-bond acceptors (Lipinski definition) is 6. The van der Waals surface area contributed by atoms with Gasteiger partial charge in [-0.1, -0.05) is 91.1 Å². The molecule has 0 aromatic heterocycles. The Morgan fingerprint density at radius 3 is 1.22 bits per heavy atom. The summed E-state index contributed by atoms with van der Waals surface area (Å²) in [5.74, 6) is 2.13. The predicted molar refractivity (Wildman–Crippen MR) is 204 cm³/mol. The summed E-state index contributed by atoms with van der Waals surface area (Å²) in [4.78, 5) is 8.84. The van der Waals surface area contributed by atoms with Gasteiger partial charge in [0, 0.05) is 23.6 Å². The van der Waals surface area contributed by atoms with Gasteiger partial charge >= 0.3 is 35.6 Å². The van der Waals surface area contributed by atoms with E-state index < -0.39 is 17.0 Å². The predicted octanol–water partition coefficient (Wildman–Crippen LogP) is 11.4. The summed E-state index contributed by atoms with van der Waals surface area (Å²) in [5, 5.41) is 20.8. The molecule has 258 valence electrons. The molecule has 49 heavy (non-hydrogen) atoms. The second kappa shape index (κ2) is 20.6. The number of nitrogens with zero attached hydrogens (tertiary/aromatic N) is 2. The second-order valence-electron chi connectivity index (χ2n) is 12.8. The summed E-state index contributed by atoms with van der Waals surface area (Å²) in [6, 6.07) is 26.4. The molecule has 0 aliphatic carbocycles. The zero-order valence-corrected chi connectivity index (χ0v) is 32.2. The van der Waals surface area contributed by atoms with E-state index in [0.717, 1.165) is 34.0 Å². The van der Waals surface area contributed by atoms with Crippen LogP contribution in [-0.4, -0.2) is 35.9 Å². The van der Waals surface area contributed by atoms with Crippen LogP contribution >= 0.6 is 18.6 Å². The summed E-state index contributed by atoms with van der Waals surface area (Å²) in [7, 11) is 9.78. The van der Waals surface area contributed by atoms with E-state index in [2.05, 4.69) is 64.7 Å². The fourth-order valence-corrected chi connectivity index (χ4v) is 4.40. The molecule has 0 bridgehead atoms. The third-order valence-corrected chi connectivity index (χ3v) is 6.87. The molecule has 4 aromatic carbocycles. The molecule has 0 aliphatic heterocycles. The summed E-state index contributed by atoms with van der Waals surface area (Å²) >= 11 is -0.556. The van der Waals surface area contributed by atoms with Crippen LogP contribution in [0, 0.1) is 0 Å². The molecule has 0 atom stereocenters. The molecule has 9 heteroatoms. The Labute approximate surface area is 308 Å². The number of halogens is 2. The van der Waals surface area contributed by atoms with Crippen molar-refractivity contribution in [2.45, 2.75) is 52.4 Å². The first-order chi connectivity index (χ1) is 23.2. The number of aromatic hydroxyl groups is 2. The Hall–Kier alpha value is -3.81. The zero-order chi connectivity index (χ0) is 36.5. The number of phenols is 2. The maximum absolute atomic E-state index is 10.4. The summed E-state index contributed by atoms with van der Waals surface area (Å²) in [6.45, 7) is 20.6. The van der Waals surface area contributed by atoms with Crippen molar-refractivity contribution in [1.29, 1.82) is 0 Å². The van der Waals surface area contributed by atoms with E-state index in [1.165, 1.54) is 0 Å². The molecule has 0 fully saturated rings. The minimum absolute atomic E-state index is 0.113.